The minimum absolute atomic E-state index is 0.000195. The van der Waals surface area contributed by atoms with Gasteiger partial charge in [-0.05, 0) is 23.3 Å². The van der Waals surface area contributed by atoms with Crippen LogP contribution in [0.15, 0.2) is 53.5 Å². The van der Waals surface area contributed by atoms with Gasteiger partial charge >= 0.3 is 0 Å². The quantitative estimate of drug-likeness (QED) is 0.938. The summed E-state index contributed by atoms with van der Waals surface area (Å²) in [7, 11) is 1.54. The maximum absolute atomic E-state index is 9.60. The van der Waals surface area contributed by atoms with Crippen LogP contribution in [-0.4, -0.2) is 24.7 Å². The molecule has 0 bridgehead atoms. The SMILES string of the molecule is COc1cc(CC2=NCC(c3ccccc3)O2)ccc1O. The molecule has 21 heavy (non-hydrogen) atoms. The number of phenols is 1. The molecule has 2 aromatic carbocycles. The number of ether oxygens (including phenoxy) is 2. The highest BCUT2D eigenvalue weighted by atomic mass is 16.5. The Labute approximate surface area is 123 Å². The molecule has 1 aliphatic rings. The first kappa shape index (κ1) is 13.5. The van der Waals surface area contributed by atoms with Gasteiger partial charge in [0.15, 0.2) is 17.4 Å². The van der Waals surface area contributed by atoms with E-state index in [9.17, 15) is 5.11 Å². The Morgan fingerprint density at radius 3 is 2.81 bits per heavy atom. The second-order valence-electron chi connectivity index (χ2n) is 4.93. The Morgan fingerprint density at radius 1 is 1.24 bits per heavy atom. The van der Waals surface area contributed by atoms with E-state index in [0.29, 0.717) is 18.7 Å². The molecule has 0 amide bonds. The average Bonchev–Trinajstić information content (AvgIpc) is 2.98. The van der Waals surface area contributed by atoms with Crippen molar-refractivity contribution in [3.8, 4) is 11.5 Å². The Hall–Kier alpha value is -2.49. The molecule has 4 nitrogen and oxygen atoms in total. The van der Waals surface area contributed by atoms with Gasteiger partial charge in [0.2, 0.25) is 0 Å². The predicted molar refractivity (Wildman–Crippen MR) is 80.9 cm³/mol. The van der Waals surface area contributed by atoms with Crippen LogP contribution in [0.25, 0.3) is 0 Å². The van der Waals surface area contributed by atoms with Crippen LogP contribution in [0.5, 0.6) is 11.5 Å². The maximum atomic E-state index is 9.60. The van der Waals surface area contributed by atoms with Gasteiger partial charge in [-0.2, -0.15) is 0 Å². The number of rotatable bonds is 4. The van der Waals surface area contributed by atoms with Gasteiger partial charge in [0.05, 0.1) is 13.7 Å². The van der Waals surface area contributed by atoms with Crippen LogP contribution >= 0.6 is 0 Å². The molecule has 2 aromatic rings. The van der Waals surface area contributed by atoms with Crippen molar-refractivity contribution < 1.29 is 14.6 Å². The van der Waals surface area contributed by atoms with Crippen molar-refractivity contribution in [2.45, 2.75) is 12.5 Å². The summed E-state index contributed by atoms with van der Waals surface area (Å²) < 4.78 is 11.0. The molecule has 1 heterocycles. The molecule has 0 radical (unpaired) electrons. The van der Waals surface area contributed by atoms with Gasteiger partial charge in [0.1, 0.15) is 6.10 Å². The van der Waals surface area contributed by atoms with Crippen LogP contribution in [0.3, 0.4) is 0 Å². The number of phenolic OH excluding ortho intramolecular Hbond substituents is 1. The van der Waals surface area contributed by atoms with E-state index >= 15 is 0 Å². The highest BCUT2D eigenvalue weighted by Crippen LogP contribution is 2.28. The first-order chi connectivity index (χ1) is 10.3. The third-order valence-electron chi connectivity index (χ3n) is 3.48. The minimum Gasteiger partial charge on any atom is -0.504 e. The molecule has 108 valence electrons. The fraction of sp³-hybridized carbons (Fsp3) is 0.235. The summed E-state index contributed by atoms with van der Waals surface area (Å²) in [5.74, 6) is 1.32. The van der Waals surface area contributed by atoms with Crippen molar-refractivity contribution in [3.05, 3.63) is 59.7 Å². The lowest BCUT2D eigenvalue weighted by Crippen LogP contribution is -2.07. The van der Waals surface area contributed by atoms with E-state index < -0.39 is 0 Å². The van der Waals surface area contributed by atoms with Crippen LogP contribution in [-0.2, 0) is 11.2 Å². The first-order valence-electron chi connectivity index (χ1n) is 6.87. The zero-order chi connectivity index (χ0) is 14.7. The highest BCUT2D eigenvalue weighted by molar-refractivity contribution is 5.80. The summed E-state index contributed by atoms with van der Waals surface area (Å²) >= 11 is 0. The molecule has 3 rings (SSSR count). The maximum Gasteiger partial charge on any atom is 0.188 e. The molecule has 0 saturated carbocycles. The van der Waals surface area contributed by atoms with Crippen molar-refractivity contribution in [2.24, 2.45) is 4.99 Å². The van der Waals surface area contributed by atoms with Gasteiger partial charge < -0.3 is 14.6 Å². The molecule has 0 saturated heterocycles. The standard InChI is InChI=1S/C17H17NO3/c1-20-15-9-12(7-8-14(15)19)10-17-18-11-16(21-17)13-5-3-2-4-6-13/h2-9,16,19H,10-11H2,1H3. The number of benzene rings is 2. The lowest BCUT2D eigenvalue weighted by Gasteiger charge is -2.12. The second-order valence-corrected chi connectivity index (χ2v) is 4.93. The Kier molecular flexibility index (Phi) is 3.77. The van der Waals surface area contributed by atoms with E-state index in [-0.39, 0.29) is 11.9 Å². The number of aromatic hydroxyl groups is 1. The molecule has 1 atom stereocenters. The van der Waals surface area contributed by atoms with Crippen LogP contribution in [0.4, 0.5) is 0 Å². The molecule has 0 spiro atoms. The van der Waals surface area contributed by atoms with Crippen LogP contribution in [0.1, 0.15) is 17.2 Å². The summed E-state index contributed by atoms with van der Waals surface area (Å²) in [6.07, 6.45) is 0.597. The predicted octanol–water partition coefficient (Wildman–Crippen LogP) is 3.11. The van der Waals surface area contributed by atoms with Crippen LogP contribution in [0.2, 0.25) is 0 Å². The molecular formula is C17H17NO3. The van der Waals surface area contributed by atoms with Crippen molar-refractivity contribution in [1.29, 1.82) is 0 Å². The highest BCUT2D eigenvalue weighted by Gasteiger charge is 2.21. The third-order valence-corrected chi connectivity index (χ3v) is 3.48. The summed E-state index contributed by atoms with van der Waals surface area (Å²) in [6.45, 7) is 0.647. The number of hydrogen-bond donors (Lipinski definition) is 1. The van der Waals surface area contributed by atoms with E-state index in [2.05, 4.69) is 4.99 Å². The molecular weight excluding hydrogens is 266 g/mol. The first-order valence-corrected chi connectivity index (χ1v) is 6.87. The number of hydrogen-bond acceptors (Lipinski definition) is 4. The smallest absolute Gasteiger partial charge is 0.188 e. The normalized spacial score (nSPS) is 17.2. The van der Waals surface area contributed by atoms with Gasteiger partial charge in [-0.25, -0.2) is 0 Å². The number of aliphatic imine (C=N–C) groups is 1. The van der Waals surface area contributed by atoms with E-state index in [1.54, 1.807) is 12.1 Å². The summed E-state index contributed by atoms with van der Waals surface area (Å²) in [6, 6.07) is 15.4. The molecule has 0 aliphatic carbocycles. The molecule has 4 heteroatoms. The Morgan fingerprint density at radius 2 is 2.05 bits per heavy atom. The van der Waals surface area contributed by atoms with Gasteiger partial charge in [0.25, 0.3) is 0 Å². The zero-order valence-corrected chi connectivity index (χ0v) is 11.8. The van der Waals surface area contributed by atoms with E-state index in [1.165, 1.54) is 7.11 Å². The Balaban J connectivity index is 1.67. The van der Waals surface area contributed by atoms with Gasteiger partial charge in [-0.3, -0.25) is 4.99 Å². The monoisotopic (exact) mass is 283 g/mol. The summed E-state index contributed by atoms with van der Waals surface area (Å²) in [4.78, 5) is 4.46. The van der Waals surface area contributed by atoms with Crippen LogP contribution < -0.4 is 4.74 Å². The molecule has 1 N–H and O–H groups in total. The molecule has 0 fully saturated rings. The Bertz CT molecular complexity index is 652. The second kappa shape index (κ2) is 5.87. The molecule has 1 unspecified atom stereocenters. The van der Waals surface area contributed by atoms with E-state index in [4.69, 9.17) is 9.47 Å². The van der Waals surface area contributed by atoms with E-state index in [1.807, 2.05) is 36.4 Å². The van der Waals surface area contributed by atoms with Crippen molar-refractivity contribution in [3.63, 3.8) is 0 Å². The fourth-order valence-corrected chi connectivity index (χ4v) is 2.37. The van der Waals surface area contributed by atoms with Gasteiger partial charge in [-0.15, -0.1) is 0 Å². The number of nitrogens with zero attached hydrogens (tertiary/aromatic N) is 1. The topological polar surface area (TPSA) is 51.0 Å². The van der Waals surface area contributed by atoms with Crippen LogP contribution in [0, 0.1) is 0 Å². The summed E-state index contributed by atoms with van der Waals surface area (Å²) in [5, 5.41) is 9.60. The van der Waals surface area contributed by atoms with Crippen molar-refractivity contribution >= 4 is 5.90 Å². The molecule has 0 aromatic heterocycles. The van der Waals surface area contributed by atoms with E-state index in [0.717, 1.165) is 17.0 Å². The average molecular weight is 283 g/mol. The lowest BCUT2D eigenvalue weighted by molar-refractivity contribution is 0.225. The minimum atomic E-state index is 0.000195. The summed E-state index contributed by atoms with van der Waals surface area (Å²) in [5.41, 5.74) is 2.14. The van der Waals surface area contributed by atoms with Crippen molar-refractivity contribution in [1.82, 2.24) is 0 Å². The third kappa shape index (κ3) is 2.99. The van der Waals surface area contributed by atoms with Gasteiger partial charge in [0, 0.05) is 6.42 Å². The largest absolute Gasteiger partial charge is 0.504 e. The number of methoxy groups -OCH3 is 1. The lowest BCUT2D eigenvalue weighted by atomic mass is 10.1. The van der Waals surface area contributed by atoms with Gasteiger partial charge in [-0.1, -0.05) is 36.4 Å². The van der Waals surface area contributed by atoms with Crippen molar-refractivity contribution in [2.75, 3.05) is 13.7 Å². The molecule has 1 aliphatic heterocycles. The fourth-order valence-electron chi connectivity index (χ4n) is 2.37. The zero-order valence-electron chi connectivity index (χ0n) is 11.8.